The zero-order valence-corrected chi connectivity index (χ0v) is 15.3. The van der Waals surface area contributed by atoms with E-state index >= 15 is 0 Å². The number of aromatic nitrogens is 1. The number of esters is 1. The molecule has 0 bridgehead atoms. The minimum atomic E-state index is -2.98. The molecular weight excluding hydrogens is 354 g/mol. The van der Waals surface area contributed by atoms with Gasteiger partial charge in [-0.3, -0.25) is 14.5 Å². The number of carbonyl (C=O) groups is 2. The number of sulfone groups is 1. The van der Waals surface area contributed by atoms with E-state index < -0.39 is 9.84 Å². The van der Waals surface area contributed by atoms with Gasteiger partial charge in [0.2, 0.25) is 5.91 Å². The first-order valence-electron chi connectivity index (χ1n) is 7.59. The summed E-state index contributed by atoms with van der Waals surface area (Å²) in [4.78, 5) is 29.4. The second-order valence-electron chi connectivity index (χ2n) is 5.65. The molecule has 2 rings (SSSR count). The minimum absolute atomic E-state index is 0.0695. The number of amides is 1. The van der Waals surface area contributed by atoms with Crippen LogP contribution in [0.25, 0.3) is 0 Å². The van der Waals surface area contributed by atoms with Crippen molar-refractivity contribution in [3.8, 4) is 0 Å². The number of anilines is 1. The average molecular weight is 375 g/mol. The maximum atomic E-state index is 12.0. The van der Waals surface area contributed by atoms with E-state index in [0.717, 1.165) is 0 Å². The predicted octanol–water partition coefficient (Wildman–Crippen LogP) is 0.306. The topological polar surface area (TPSA) is 106 Å². The lowest BCUT2D eigenvalue weighted by molar-refractivity contribution is -0.142. The number of ether oxygens (including phenoxy) is 1. The predicted molar refractivity (Wildman–Crippen MR) is 90.8 cm³/mol. The highest BCUT2D eigenvalue weighted by Crippen LogP contribution is 2.18. The Bertz CT molecular complexity index is 701. The average Bonchev–Trinajstić information content (AvgIpc) is 3.05. The molecule has 10 heteroatoms. The van der Waals surface area contributed by atoms with Crippen LogP contribution < -0.4 is 5.32 Å². The number of hydrogen-bond acceptors (Lipinski definition) is 8. The molecule has 134 valence electrons. The van der Waals surface area contributed by atoms with Crippen LogP contribution in [-0.2, 0) is 30.6 Å². The highest BCUT2D eigenvalue weighted by molar-refractivity contribution is 7.91. The summed E-state index contributed by atoms with van der Waals surface area (Å²) < 4.78 is 27.8. The number of carbonyl (C=O) groups excluding carboxylic acids is 2. The molecule has 2 heterocycles. The molecule has 8 nitrogen and oxygen atoms in total. The van der Waals surface area contributed by atoms with Crippen LogP contribution in [0.4, 0.5) is 5.13 Å². The van der Waals surface area contributed by atoms with E-state index in [-0.39, 0.29) is 42.4 Å². The molecule has 0 saturated carbocycles. The van der Waals surface area contributed by atoms with Crippen molar-refractivity contribution in [3.63, 3.8) is 0 Å². The Morgan fingerprint density at radius 1 is 1.50 bits per heavy atom. The molecule has 1 atom stereocenters. The highest BCUT2D eigenvalue weighted by atomic mass is 32.2. The lowest BCUT2D eigenvalue weighted by Gasteiger charge is -2.21. The van der Waals surface area contributed by atoms with E-state index in [9.17, 15) is 18.0 Å². The van der Waals surface area contributed by atoms with Gasteiger partial charge in [-0.25, -0.2) is 13.4 Å². The largest absolute Gasteiger partial charge is 0.466 e. The second kappa shape index (κ2) is 8.04. The van der Waals surface area contributed by atoms with Gasteiger partial charge in [-0.05, 0) is 20.4 Å². The molecule has 1 aliphatic heterocycles. The van der Waals surface area contributed by atoms with Gasteiger partial charge < -0.3 is 10.1 Å². The van der Waals surface area contributed by atoms with Crippen LogP contribution >= 0.6 is 11.3 Å². The van der Waals surface area contributed by atoms with Crippen molar-refractivity contribution in [2.75, 3.05) is 37.0 Å². The van der Waals surface area contributed by atoms with Crippen LogP contribution in [-0.4, -0.2) is 67.9 Å². The van der Waals surface area contributed by atoms with Crippen LogP contribution in [0.1, 0.15) is 19.0 Å². The van der Waals surface area contributed by atoms with Gasteiger partial charge in [0.15, 0.2) is 15.0 Å². The third-order valence-electron chi connectivity index (χ3n) is 3.65. The van der Waals surface area contributed by atoms with E-state index in [4.69, 9.17) is 4.74 Å². The lowest BCUT2D eigenvalue weighted by atomic mass is 10.2. The molecule has 0 spiro atoms. The monoisotopic (exact) mass is 375 g/mol. The molecule has 24 heavy (non-hydrogen) atoms. The smallest absolute Gasteiger partial charge is 0.311 e. The SMILES string of the molecule is CCOC(=O)Cc1csc(NC(=O)CN(C)[C@@H]2CCS(=O)(=O)C2)n1. The molecule has 1 saturated heterocycles. The number of rotatable bonds is 7. The van der Waals surface area contributed by atoms with Crippen molar-refractivity contribution in [2.24, 2.45) is 0 Å². The Labute approximate surface area is 145 Å². The first kappa shape index (κ1) is 18.8. The molecule has 0 radical (unpaired) electrons. The van der Waals surface area contributed by atoms with Crippen LogP contribution in [0.15, 0.2) is 5.38 Å². The molecule has 1 fully saturated rings. The third kappa shape index (κ3) is 5.53. The Morgan fingerprint density at radius 3 is 2.88 bits per heavy atom. The minimum Gasteiger partial charge on any atom is -0.466 e. The van der Waals surface area contributed by atoms with Gasteiger partial charge in [-0.2, -0.15) is 0 Å². The highest BCUT2D eigenvalue weighted by Gasteiger charge is 2.31. The van der Waals surface area contributed by atoms with Gasteiger partial charge in [0.1, 0.15) is 0 Å². The Balaban J connectivity index is 1.82. The van der Waals surface area contributed by atoms with Crippen molar-refractivity contribution in [1.29, 1.82) is 0 Å². The zero-order valence-electron chi connectivity index (χ0n) is 13.6. The van der Waals surface area contributed by atoms with E-state index in [1.54, 1.807) is 24.3 Å². The normalized spacial score (nSPS) is 19.4. The molecule has 1 N–H and O–H groups in total. The van der Waals surface area contributed by atoms with Crippen molar-refractivity contribution in [1.82, 2.24) is 9.88 Å². The van der Waals surface area contributed by atoms with Crippen molar-refractivity contribution in [2.45, 2.75) is 25.8 Å². The maximum Gasteiger partial charge on any atom is 0.311 e. The molecule has 1 aromatic rings. The first-order valence-corrected chi connectivity index (χ1v) is 10.3. The summed E-state index contributed by atoms with van der Waals surface area (Å²) in [6.07, 6.45) is 0.618. The van der Waals surface area contributed by atoms with Crippen LogP contribution in [0, 0.1) is 0 Å². The summed E-state index contributed by atoms with van der Waals surface area (Å²) >= 11 is 1.23. The lowest BCUT2D eigenvalue weighted by Crippen LogP contribution is -2.38. The first-order chi connectivity index (χ1) is 11.3. The summed E-state index contributed by atoms with van der Waals surface area (Å²) in [5.74, 6) is -0.355. The Hall–Kier alpha value is -1.52. The van der Waals surface area contributed by atoms with Crippen LogP contribution in [0.5, 0.6) is 0 Å². The van der Waals surface area contributed by atoms with Gasteiger partial charge in [-0.1, -0.05) is 0 Å². The van der Waals surface area contributed by atoms with Gasteiger partial charge in [0.05, 0.1) is 36.8 Å². The summed E-state index contributed by atoms with van der Waals surface area (Å²) in [5, 5.41) is 4.77. The standard InChI is InChI=1S/C14H21N3O5S2/c1-3-22-13(19)6-10-8-23-14(15-10)16-12(18)7-17(2)11-4-5-24(20,21)9-11/h8,11H,3-7,9H2,1-2H3,(H,15,16,18)/t11-/m1/s1. The van der Waals surface area contributed by atoms with E-state index in [2.05, 4.69) is 10.3 Å². The van der Waals surface area contributed by atoms with Crippen molar-refractivity contribution < 1.29 is 22.7 Å². The molecule has 0 aromatic carbocycles. The Morgan fingerprint density at radius 2 is 2.25 bits per heavy atom. The van der Waals surface area contributed by atoms with Gasteiger partial charge >= 0.3 is 5.97 Å². The molecule has 1 amide bonds. The molecule has 0 unspecified atom stereocenters. The Kier molecular flexibility index (Phi) is 6.30. The maximum absolute atomic E-state index is 12.0. The number of hydrogen-bond donors (Lipinski definition) is 1. The van der Waals surface area contributed by atoms with Gasteiger partial charge in [0, 0.05) is 11.4 Å². The number of nitrogens with one attached hydrogen (secondary N) is 1. The summed E-state index contributed by atoms with van der Waals surface area (Å²) in [7, 11) is -1.24. The quantitative estimate of drug-likeness (QED) is 0.684. The molecule has 1 aromatic heterocycles. The number of nitrogens with zero attached hydrogens (tertiary/aromatic N) is 2. The fourth-order valence-electron chi connectivity index (χ4n) is 2.44. The number of likely N-dealkylation sites (N-methyl/N-ethyl adjacent to an activating group) is 1. The second-order valence-corrected chi connectivity index (χ2v) is 8.73. The van der Waals surface area contributed by atoms with Crippen molar-refractivity contribution in [3.05, 3.63) is 11.1 Å². The van der Waals surface area contributed by atoms with E-state index in [0.29, 0.717) is 23.9 Å². The summed E-state index contributed by atoms with van der Waals surface area (Å²) in [6, 6.07) is -0.128. The third-order valence-corrected chi connectivity index (χ3v) is 6.21. The fraction of sp³-hybridized carbons (Fsp3) is 0.643. The fourth-order valence-corrected chi connectivity index (χ4v) is 4.97. The number of thiazole rings is 1. The zero-order chi connectivity index (χ0) is 17.7. The molecular formula is C14H21N3O5S2. The van der Waals surface area contributed by atoms with E-state index in [1.165, 1.54) is 11.3 Å². The summed E-state index contributed by atoms with van der Waals surface area (Å²) in [5.41, 5.74) is 0.545. The van der Waals surface area contributed by atoms with Crippen molar-refractivity contribution >= 4 is 38.2 Å². The van der Waals surface area contributed by atoms with Crippen LogP contribution in [0.2, 0.25) is 0 Å². The van der Waals surface area contributed by atoms with Gasteiger partial charge in [0.25, 0.3) is 0 Å². The van der Waals surface area contributed by atoms with Gasteiger partial charge in [-0.15, -0.1) is 11.3 Å². The van der Waals surface area contributed by atoms with E-state index in [1.807, 2.05) is 0 Å². The van der Waals surface area contributed by atoms with Crippen LogP contribution in [0.3, 0.4) is 0 Å². The molecule has 1 aliphatic rings. The molecule has 0 aliphatic carbocycles. The summed E-state index contributed by atoms with van der Waals surface area (Å²) in [6.45, 7) is 2.14.